The maximum absolute atomic E-state index is 12.4. The molecule has 0 radical (unpaired) electrons. The van der Waals surface area contributed by atoms with Crippen LogP contribution >= 0.6 is 0 Å². The van der Waals surface area contributed by atoms with E-state index in [1.165, 1.54) is 0 Å². The number of hydrogen-bond donors (Lipinski definition) is 0. The monoisotopic (exact) mass is 334 g/mol. The second-order valence-electron chi connectivity index (χ2n) is 6.97. The van der Waals surface area contributed by atoms with E-state index in [1.807, 2.05) is 24.3 Å². The SMILES string of the molecule is CC[C@@H]1C=C[C@@H]2[C@H]([C@H]1COCc1ccccc1)[C@@H](C)CS2(=O)=O. The van der Waals surface area contributed by atoms with Gasteiger partial charge in [0.15, 0.2) is 9.84 Å². The van der Waals surface area contributed by atoms with E-state index >= 15 is 0 Å². The Morgan fingerprint density at radius 2 is 1.91 bits per heavy atom. The molecule has 126 valence electrons. The van der Waals surface area contributed by atoms with E-state index in [9.17, 15) is 8.42 Å². The average Bonchev–Trinajstić information content (AvgIpc) is 2.78. The Morgan fingerprint density at radius 3 is 2.61 bits per heavy atom. The predicted octanol–water partition coefficient (Wildman–Crippen LogP) is 3.46. The molecule has 1 aliphatic carbocycles. The number of fused-ring (bicyclic) bond motifs is 1. The van der Waals surface area contributed by atoms with Gasteiger partial charge in [0, 0.05) is 0 Å². The molecule has 5 atom stereocenters. The first kappa shape index (κ1) is 16.7. The van der Waals surface area contributed by atoms with Crippen LogP contribution in [0, 0.1) is 23.7 Å². The van der Waals surface area contributed by atoms with Crippen molar-refractivity contribution < 1.29 is 13.2 Å². The Hall–Kier alpha value is -1.13. The highest BCUT2D eigenvalue weighted by Gasteiger charge is 2.50. The Balaban J connectivity index is 1.72. The molecule has 0 amide bonds. The summed E-state index contributed by atoms with van der Waals surface area (Å²) in [7, 11) is -2.98. The summed E-state index contributed by atoms with van der Waals surface area (Å²) in [5, 5.41) is -0.300. The fourth-order valence-electron chi connectivity index (χ4n) is 4.31. The van der Waals surface area contributed by atoms with Crippen LogP contribution in [0.1, 0.15) is 25.8 Å². The van der Waals surface area contributed by atoms with Crippen molar-refractivity contribution >= 4 is 9.84 Å². The van der Waals surface area contributed by atoms with Crippen LogP contribution in [0.2, 0.25) is 0 Å². The van der Waals surface area contributed by atoms with E-state index < -0.39 is 9.84 Å². The summed E-state index contributed by atoms with van der Waals surface area (Å²) in [6.07, 6.45) is 5.10. The number of sulfone groups is 1. The summed E-state index contributed by atoms with van der Waals surface area (Å²) in [5.74, 6) is 1.45. The smallest absolute Gasteiger partial charge is 0.157 e. The minimum absolute atomic E-state index is 0.200. The molecule has 1 aliphatic heterocycles. The van der Waals surface area contributed by atoms with Crippen molar-refractivity contribution in [2.45, 2.75) is 32.1 Å². The van der Waals surface area contributed by atoms with Crippen molar-refractivity contribution in [2.75, 3.05) is 12.4 Å². The third-order valence-corrected chi connectivity index (χ3v) is 7.72. The molecule has 1 heterocycles. The summed E-state index contributed by atoms with van der Waals surface area (Å²) in [5.41, 5.74) is 1.16. The number of allylic oxidation sites excluding steroid dienone is 1. The van der Waals surface area contributed by atoms with Gasteiger partial charge in [0.2, 0.25) is 0 Å². The molecule has 1 aromatic carbocycles. The van der Waals surface area contributed by atoms with Gasteiger partial charge in [-0.2, -0.15) is 0 Å². The van der Waals surface area contributed by atoms with Crippen molar-refractivity contribution in [3.8, 4) is 0 Å². The van der Waals surface area contributed by atoms with Crippen molar-refractivity contribution in [3.05, 3.63) is 48.0 Å². The lowest BCUT2D eigenvalue weighted by Crippen LogP contribution is -2.38. The van der Waals surface area contributed by atoms with Crippen LogP contribution in [0.15, 0.2) is 42.5 Å². The zero-order chi connectivity index (χ0) is 16.4. The first-order valence-corrected chi connectivity index (χ1v) is 10.3. The van der Waals surface area contributed by atoms with Crippen LogP contribution in [0.5, 0.6) is 0 Å². The van der Waals surface area contributed by atoms with Gasteiger partial charge in [-0.3, -0.25) is 0 Å². The molecule has 0 bridgehead atoms. The highest BCUT2D eigenvalue weighted by atomic mass is 32.2. The standard InChI is InChI=1S/C19H26O3S/c1-3-16-9-10-18-19(14(2)13-23(18,20)21)17(16)12-22-11-15-7-5-4-6-8-15/h4-10,14,16-19H,3,11-13H2,1-2H3/t14-,16+,17-,18+,19-/m0/s1. The number of hydrogen-bond acceptors (Lipinski definition) is 3. The third-order valence-electron chi connectivity index (χ3n) is 5.43. The summed E-state index contributed by atoms with van der Waals surface area (Å²) in [6, 6.07) is 10.1. The molecule has 0 spiro atoms. The summed E-state index contributed by atoms with van der Waals surface area (Å²) < 4.78 is 30.7. The van der Waals surface area contributed by atoms with Crippen molar-refractivity contribution in [2.24, 2.45) is 23.7 Å². The zero-order valence-electron chi connectivity index (χ0n) is 13.9. The van der Waals surface area contributed by atoms with E-state index in [1.54, 1.807) is 0 Å². The van der Waals surface area contributed by atoms with Gasteiger partial charge in [-0.15, -0.1) is 0 Å². The quantitative estimate of drug-likeness (QED) is 0.775. The van der Waals surface area contributed by atoms with Crippen LogP contribution in [-0.4, -0.2) is 26.0 Å². The average molecular weight is 334 g/mol. The van der Waals surface area contributed by atoms with Crippen LogP contribution in [0.3, 0.4) is 0 Å². The van der Waals surface area contributed by atoms with Crippen molar-refractivity contribution in [1.29, 1.82) is 0 Å². The molecule has 3 nitrogen and oxygen atoms in total. The highest BCUT2D eigenvalue weighted by Crippen LogP contribution is 2.45. The van der Waals surface area contributed by atoms with Gasteiger partial charge in [0.05, 0.1) is 24.2 Å². The first-order chi connectivity index (χ1) is 11.0. The maximum atomic E-state index is 12.4. The number of ether oxygens (including phenoxy) is 1. The van der Waals surface area contributed by atoms with Crippen LogP contribution in [0.4, 0.5) is 0 Å². The molecule has 1 saturated heterocycles. The Labute approximate surface area is 139 Å². The van der Waals surface area contributed by atoms with Gasteiger partial charge in [0.25, 0.3) is 0 Å². The van der Waals surface area contributed by atoms with Crippen LogP contribution in [0.25, 0.3) is 0 Å². The number of rotatable bonds is 5. The fourth-order valence-corrected chi connectivity index (χ4v) is 6.76. The Kier molecular flexibility index (Phi) is 4.93. The second kappa shape index (κ2) is 6.78. The third kappa shape index (κ3) is 3.38. The van der Waals surface area contributed by atoms with Crippen molar-refractivity contribution in [1.82, 2.24) is 0 Å². The van der Waals surface area contributed by atoms with Gasteiger partial charge in [-0.25, -0.2) is 8.42 Å². The van der Waals surface area contributed by atoms with E-state index in [-0.39, 0.29) is 17.1 Å². The largest absolute Gasteiger partial charge is 0.376 e. The molecule has 0 N–H and O–H groups in total. The topological polar surface area (TPSA) is 43.4 Å². The summed E-state index contributed by atoms with van der Waals surface area (Å²) in [6.45, 7) is 5.49. The van der Waals surface area contributed by atoms with Gasteiger partial charge >= 0.3 is 0 Å². The van der Waals surface area contributed by atoms with Crippen LogP contribution < -0.4 is 0 Å². The Bertz CT molecular complexity index is 650. The predicted molar refractivity (Wildman–Crippen MR) is 92.7 cm³/mol. The molecular formula is C19H26O3S. The van der Waals surface area contributed by atoms with E-state index in [2.05, 4.69) is 32.1 Å². The summed E-state index contributed by atoms with van der Waals surface area (Å²) in [4.78, 5) is 0. The highest BCUT2D eigenvalue weighted by molar-refractivity contribution is 7.92. The number of benzene rings is 1. The summed E-state index contributed by atoms with van der Waals surface area (Å²) >= 11 is 0. The molecule has 1 aromatic rings. The zero-order valence-corrected chi connectivity index (χ0v) is 14.7. The van der Waals surface area contributed by atoms with Crippen molar-refractivity contribution in [3.63, 3.8) is 0 Å². The van der Waals surface area contributed by atoms with E-state index in [0.717, 1.165) is 12.0 Å². The molecule has 4 heteroatoms. The molecule has 1 fully saturated rings. The molecule has 0 saturated carbocycles. The van der Waals surface area contributed by atoms with Gasteiger partial charge < -0.3 is 4.74 Å². The minimum atomic E-state index is -2.98. The fraction of sp³-hybridized carbons (Fsp3) is 0.579. The molecular weight excluding hydrogens is 308 g/mol. The van der Waals surface area contributed by atoms with Gasteiger partial charge in [-0.1, -0.05) is 56.3 Å². The molecule has 2 aliphatic rings. The normalized spacial score (nSPS) is 35.1. The minimum Gasteiger partial charge on any atom is -0.376 e. The lowest BCUT2D eigenvalue weighted by Gasteiger charge is -2.37. The molecule has 3 rings (SSSR count). The molecule has 0 unspecified atom stereocenters. The lowest BCUT2D eigenvalue weighted by molar-refractivity contribution is 0.0371. The molecule has 23 heavy (non-hydrogen) atoms. The van der Waals surface area contributed by atoms with E-state index in [0.29, 0.717) is 30.8 Å². The maximum Gasteiger partial charge on any atom is 0.157 e. The first-order valence-electron chi connectivity index (χ1n) is 8.54. The second-order valence-corrected chi connectivity index (χ2v) is 9.17. The molecule has 0 aromatic heterocycles. The van der Waals surface area contributed by atoms with Gasteiger partial charge in [0.1, 0.15) is 0 Å². The lowest BCUT2D eigenvalue weighted by atomic mass is 9.70. The van der Waals surface area contributed by atoms with E-state index in [4.69, 9.17) is 4.74 Å². The Morgan fingerprint density at radius 1 is 1.17 bits per heavy atom. The van der Waals surface area contributed by atoms with Gasteiger partial charge in [-0.05, 0) is 35.7 Å². The van der Waals surface area contributed by atoms with Crippen LogP contribution in [-0.2, 0) is 21.2 Å².